The van der Waals surface area contributed by atoms with E-state index < -0.39 is 16.1 Å². The molecule has 0 radical (unpaired) electrons. The SMILES string of the molecule is Cc1ccc(Br)c(CSc2ccccc2)c1C(=O)OCC[Si](C)(C)C.Cc1ccc(C#CCCO)c(CSc2ccccc2)c1C(=O)OCC[Si](C)(C)C.[3H]C.[3H]C. The van der Waals surface area contributed by atoms with Gasteiger partial charge in [-0.05, 0) is 84.6 Å². The van der Waals surface area contributed by atoms with Gasteiger partial charge in [0.25, 0.3) is 0 Å². The maximum atomic E-state index is 13.0. The van der Waals surface area contributed by atoms with Crippen LogP contribution in [0, 0.1) is 25.7 Å². The molecule has 0 spiro atoms. The number of rotatable bonds is 15. The molecule has 0 saturated heterocycles. The molecule has 0 aliphatic rings. The Bertz CT molecular complexity index is 1890. The third-order valence-electron chi connectivity index (χ3n) is 8.28. The van der Waals surface area contributed by atoms with E-state index in [4.69, 9.17) is 17.3 Å². The van der Waals surface area contributed by atoms with E-state index in [1.165, 1.54) is 19.7 Å². The van der Waals surface area contributed by atoms with E-state index in [1.54, 1.807) is 23.5 Å². The van der Waals surface area contributed by atoms with Gasteiger partial charge >= 0.3 is 11.9 Å². The molecular weight excluding hydrogens is 833 g/mol. The molecule has 0 unspecified atom stereocenters. The monoisotopic (exact) mass is 898 g/mol. The number of hydrogen-bond donors (Lipinski definition) is 1. The second-order valence-electron chi connectivity index (χ2n) is 15.4. The lowest BCUT2D eigenvalue weighted by molar-refractivity contribution is 0.0513. The maximum absolute atomic E-state index is 13.0. The molecular formula is C46H63BrO5S2Si2. The highest BCUT2D eigenvalue weighted by atomic mass is 79.9. The predicted octanol–water partition coefficient (Wildman–Crippen LogP) is 13.3. The van der Waals surface area contributed by atoms with Crippen LogP contribution in [0.2, 0.25) is 51.4 Å². The fraction of sp³-hybridized carbons (Fsp3) is 0.391. The summed E-state index contributed by atoms with van der Waals surface area (Å²) in [5.74, 6) is 6.99. The Balaban J connectivity index is 0.000000539. The summed E-state index contributed by atoms with van der Waals surface area (Å²) in [5, 5.41) is 9.04. The van der Waals surface area contributed by atoms with Crippen molar-refractivity contribution in [2.24, 2.45) is 0 Å². The summed E-state index contributed by atoms with van der Waals surface area (Å²) in [6, 6.07) is 30.1. The van der Waals surface area contributed by atoms with Gasteiger partial charge in [-0.3, -0.25) is 0 Å². The van der Waals surface area contributed by atoms with Crippen LogP contribution in [-0.2, 0) is 21.0 Å². The van der Waals surface area contributed by atoms with Gasteiger partial charge in [0.1, 0.15) is 0 Å². The fourth-order valence-corrected chi connectivity index (χ4v) is 9.09. The van der Waals surface area contributed by atoms with Crippen molar-refractivity contribution in [3.63, 3.8) is 0 Å². The summed E-state index contributed by atoms with van der Waals surface area (Å²) in [4.78, 5) is 28.0. The molecule has 0 aliphatic carbocycles. The highest BCUT2D eigenvalue weighted by Crippen LogP contribution is 2.32. The van der Waals surface area contributed by atoms with Crippen LogP contribution in [0.5, 0.6) is 0 Å². The molecule has 0 bridgehead atoms. The number of aryl methyl sites for hydroxylation is 2. The molecule has 0 aromatic heterocycles. The zero-order valence-electron chi connectivity index (χ0n) is 37.0. The van der Waals surface area contributed by atoms with Gasteiger partial charge < -0.3 is 14.6 Å². The molecule has 4 aromatic rings. The van der Waals surface area contributed by atoms with Crippen molar-refractivity contribution < 1.29 is 26.9 Å². The number of halogens is 1. The summed E-state index contributed by atoms with van der Waals surface area (Å²) in [5.41, 5.74) is 5.93. The van der Waals surface area contributed by atoms with E-state index in [0.717, 1.165) is 55.0 Å². The number of aliphatic hydroxyl groups excluding tert-OH is 1. The van der Waals surface area contributed by atoms with Crippen LogP contribution in [0.3, 0.4) is 0 Å². The molecule has 56 heavy (non-hydrogen) atoms. The molecule has 4 aromatic carbocycles. The molecule has 0 heterocycles. The number of thioether (sulfide) groups is 2. The standard InChI is InChI=1S/C24H30O3SSi.C20H25BrO2SSi.2CH4/c1-19-13-14-20(10-8-9-15-25)22(18-28-21-11-6-5-7-12-21)23(19)24(26)27-16-17-29(2,3)4;1-15-10-11-18(21)17(14-24-16-8-6-5-7-9-16)19(15)20(22)23-12-13-25(2,3)4;;/h5-7,11-14,25H,9,15-18H2,1-4H3;5-11H,12-14H2,1-4H3;2*1H4/i;;2*1T. The molecule has 304 valence electrons. The van der Waals surface area contributed by atoms with E-state index in [9.17, 15) is 9.59 Å². The second-order valence-corrected chi connectivity index (χ2v) is 29.6. The van der Waals surface area contributed by atoms with E-state index >= 15 is 0 Å². The van der Waals surface area contributed by atoms with Gasteiger partial charge in [0, 0.05) is 56.6 Å². The van der Waals surface area contributed by atoms with Gasteiger partial charge in [0.15, 0.2) is 0 Å². The average Bonchev–Trinajstić information content (AvgIpc) is 3.19. The molecule has 10 heteroatoms. The van der Waals surface area contributed by atoms with E-state index in [1.807, 2.05) is 74.5 Å². The van der Waals surface area contributed by atoms with Gasteiger partial charge in [-0.25, -0.2) is 9.59 Å². The Morgan fingerprint density at radius 3 is 1.57 bits per heavy atom. The minimum atomic E-state index is -1.27. The minimum absolute atomic E-state index is 0.0263. The highest BCUT2D eigenvalue weighted by Gasteiger charge is 2.22. The zero-order valence-corrected chi connectivity index (χ0v) is 40.2. The maximum Gasteiger partial charge on any atom is 0.338 e. The fourth-order valence-electron chi connectivity index (χ4n) is 5.08. The number of carbonyl (C=O) groups is 2. The molecule has 4 rings (SSSR count). The largest absolute Gasteiger partial charge is 0.462 e. The van der Waals surface area contributed by atoms with Crippen LogP contribution in [0.25, 0.3) is 0 Å². The first-order valence-electron chi connectivity index (χ1n) is 20.3. The van der Waals surface area contributed by atoms with Gasteiger partial charge in [0.05, 0.1) is 30.9 Å². The third-order valence-corrected chi connectivity index (χ3v) is 14.5. The number of benzene rings is 4. The number of aliphatic hydroxyl groups is 1. The summed E-state index contributed by atoms with van der Waals surface area (Å²) in [6.07, 6.45) is 0.412. The van der Waals surface area contributed by atoms with Crippen LogP contribution >= 0.6 is 39.5 Å². The van der Waals surface area contributed by atoms with Crippen molar-refractivity contribution in [3.8, 4) is 11.8 Å². The number of ether oxygens (including phenoxy) is 2. The topological polar surface area (TPSA) is 72.8 Å². The van der Waals surface area contributed by atoms with E-state index in [-0.39, 0.29) is 18.5 Å². The van der Waals surface area contributed by atoms with Crippen molar-refractivity contribution in [1.29, 1.82) is 0 Å². The van der Waals surface area contributed by atoms with Gasteiger partial charge in [0.2, 0.25) is 0 Å². The van der Waals surface area contributed by atoms with Crippen LogP contribution in [0.1, 0.15) is 72.5 Å². The highest BCUT2D eigenvalue weighted by molar-refractivity contribution is 9.10. The molecule has 0 atom stereocenters. The van der Waals surface area contributed by atoms with Crippen LogP contribution in [0.4, 0.5) is 0 Å². The Kier molecular flexibility index (Phi) is 21.4. The number of hydrogen-bond acceptors (Lipinski definition) is 7. The summed E-state index contributed by atoms with van der Waals surface area (Å²) in [7, 11) is 0.0154. The Morgan fingerprint density at radius 1 is 0.696 bits per heavy atom. The third kappa shape index (κ3) is 18.0. The molecule has 1 N–H and O–H groups in total. The number of esters is 2. The average molecular weight is 900 g/mol. The summed E-state index contributed by atoms with van der Waals surface area (Å²) >= 11 is 7.01. The first-order valence-corrected chi connectivity index (χ1v) is 28.5. The minimum Gasteiger partial charge on any atom is -0.462 e. The zero-order chi connectivity index (χ0) is 43.7. The predicted molar refractivity (Wildman–Crippen MR) is 251 cm³/mol. The lowest BCUT2D eigenvalue weighted by atomic mass is 9.97. The van der Waals surface area contributed by atoms with Gasteiger partial charge in [-0.2, -0.15) is 0 Å². The molecule has 0 aliphatic heterocycles. The Hall–Kier alpha value is -3.05. The van der Waals surface area contributed by atoms with Crippen molar-refractivity contribution in [3.05, 3.63) is 128 Å². The van der Waals surface area contributed by atoms with E-state index in [0.29, 0.717) is 36.5 Å². The quantitative estimate of drug-likeness (QED) is 0.0551. The Labute approximate surface area is 360 Å². The molecule has 0 amide bonds. The first kappa shape index (κ1) is 47.3. The lowest BCUT2D eigenvalue weighted by Gasteiger charge is -2.17. The van der Waals surface area contributed by atoms with Gasteiger partial charge in [-0.15, -0.1) is 23.5 Å². The number of carbonyl (C=O) groups excluding carboxylic acids is 2. The van der Waals surface area contributed by atoms with Gasteiger partial charge in [-0.1, -0.05) is 130 Å². The van der Waals surface area contributed by atoms with Crippen LogP contribution in [0.15, 0.2) is 99.2 Å². The van der Waals surface area contributed by atoms with Crippen molar-refractivity contribution >= 4 is 67.5 Å². The second kappa shape index (κ2) is 25.3. The Morgan fingerprint density at radius 2 is 1.12 bits per heavy atom. The lowest BCUT2D eigenvalue weighted by Crippen LogP contribution is -2.23. The van der Waals surface area contributed by atoms with Crippen LogP contribution < -0.4 is 0 Å². The van der Waals surface area contributed by atoms with Crippen molar-refractivity contribution in [1.82, 2.24) is 0 Å². The van der Waals surface area contributed by atoms with E-state index in [2.05, 4.69) is 91.3 Å². The molecule has 0 fully saturated rings. The van der Waals surface area contributed by atoms with Crippen molar-refractivity contribution in [2.45, 2.75) is 108 Å². The van der Waals surface area contributed by atoms with Crippen molar-refractivity contribution in [2.75, 3.05) is 19.8 Å². The first-order chi connectivity index (χ1) is 27.6. The normalized spacial score (nSPS) is 11.0. The smallest absolute Gasteiger partial charge is 0.338 e. The molecule has 5 nitrogen and oxygen atoms in total. The summed E-state index contributed by atoms with van der Waals surface area (Å²) in [6.45, 7) is 18.6. The summed E-state index contributed by atoms with van der Waals surface area (Å²) < 4.78 is 23.7. The molecule has 0 saturated carbocycles. The van der Waals surface area contributed by atoms with Crippen LogP contribution in [-0.4, -0.2) is 53.0 Å².